The Bertz CT molecular complexity index is 494. The van der Waals surface area contributed by atoms with E-state index in [2.05, 4.69) is 26.0 Å². The summed E-state index contributed by atoms with van der Waals surface area (Å²) in [5.41, 5.74) is 0.495. The molecule has 0 heterocycles. The molecule has 0 saturated carbocycles. The summed E-state index contributed by atoms with van der Waals surface area (Å²) in [5, 5.41) is 3.60. The summed E-state index contributed by atoms with van der Waals surface area (Å²) in [7, 11) is -3.34. The Labute approximate surface area is 121 Å². The molecule has 0 aliphatic heterocycles. The number of nitrogens with one attached hydrogen (secondary N) is 2. The van der Waals surface area contributed by atoms with Gasteiger partial charge in [0.1, 0.15) is 0 Å². The van der Waals surface area contributed by atoms with Crippen molar-refractivity contribution in [2.24, 2.45) is 0 Å². The van der Waals surface area contributed by atoms with Crippen molar-refractivity contribution in [3.8, 4) is 0 Å². The molecule has 1 rings (SSSR count). The fraction of sp³-hybridized carbons (Fsp3) is 0.455. The standard InChI is InChI=1S/C11H16BrClN2O2S/c1-2-5-14-6-7-18(16,17)15-11-4-3-9(13)8-10(11)12/h3-4,8,14-15H,2,5-7H2,1H3. The van der Waals surface area contributed by atoms with Crippen molar-refractivity contribution in [2.75, 3.05) is 23.6 Å². The number of hydrogen-bond acceptors (Lipinski definition) is 3. The Morgan fingerprint density at radius 2 is 2.06 bits per heavy atom. The molecule has 7 heteroatoms. The van der Waals surface area contributed by atoms with Gasteiger partial charge in [-0.2, -0.15) is 0 Å². The fourth-order valence-corrected chi connectivity index (χ4v) is 3.24. The average Bonchev–Trinajstić information content (AvgIpc) is 2.28. The molecule has 4 nitrogen and oxygen atoms in total. The third-order valence-electron chi connectivity index (χ3n) is 2.17. The monoisotopic (exact) mass is 354 g/mol. The van der Waals surface area contributed by atoms with E-state index in [0.717, 1.165) is 13.0 Å². The first-order valence-corrected chi connectivity index (χ1v) is 8.43. The Balaban J connectivity index is 2.59. The van der Waals surface area contributed by atoms with Gasteiger partial charge in [0, 0.05) is 16.0 Å². The predicted molar refractivity (Wildman–Crippen MR) is 79.7 cm³/mol. The van der Waals surface area contributed by atoms with Gasteiger partial charge in [-0.15, -0.1) is 0 Å². The number of benzene rings is 1. The number of anilines is 1. The van der Waals surface area contributed by atoms with Gasteiger partial charge in [-0.3, -0.25) is 4.72 Å². The zero-order valence-corrected chi connectivity index (χ0v) is 13.2. The van der Waals surface area contributed by atoms with Gasteiger partial charge in [0.25, 0.3) is 0 Å². The molecule has 1 aromatic carbocycles. The number of sulfonamides is 1. The maximum absolute atomic E-state index is 11.8. The molecule has 0 fully saturated rings. The molecule has 0 radical (unpaired) electrons. The summed E-state index contributed by atoms with van der Waals surface area (Å²) in [6.45, 7) is 3.29. The van der Waals surface area contributed by atoms with E-state index in [1.54, 1.807) is 18.2 Å². The first kappa shape index (κ1) is 15.8. The summed E-state index contributed by atoms with van der Waals surface area (Å²) in [5.74, 6) is 0.0437. The second-order valence-electron chi connectivity index (χ2n) is 3.80. The lowest BCUT2D eigenvalue weighted by Gasteiger charge is -2.10. The third-order valence-corrected chi connectivity index (χ3v) is 4.33. The highest BCUT2D eigenvalue weighted by Gasteiger charge is 2.11. The minimum atomic E-state index is -3.34. The van der Waals surface area contributed by atoms with Crippen molar-refractivity contribution in [3.63, 3.8) is 0 Å². The van der Waals surface area contributed by atoms with Crippen LogP contribution in [0.3, 0.4) is 0 Å². The molecule has 0 unspecified atom stereocenters. The van der Waals surface area contributed by atoms with E-state index in [9.17, 15) is 8.42 Å². The molecule has 0 atom stereocenters. The summed E-state index contributed by atoms with van der Waals surface area (Å²) in [6.07, 6.45) is 0.982. The largest absolute Gasteiger partial charge is 0.316 e. The van der Waals surface area contributed by atoms with Crippen molar-refractivity contribution in [3.05, 3.63) is 27.7 Å². The second kappa shape index (κ2) is 7.33. The van der Waals surface area contributed by atoms with Crippen LogP contribution in [0.15, 0.2) is 22.7 Å². The molecule has 102 valence electrons. The molecule has 0 aromatic heterocycles. The Morgan fingerprint density at radius 1 is 1.33 bits per heavy atom. The molecular weight excluding hydrogens is 340 g/mol. The van der Waals surface area contributed by atoms with Crippen LogP contribution in [0.2, 0.25) is 5.02 Å². The molecule has 0 aliphatic rings. The highest BCUT2D eigenvalue weighted by Crippen LogP contribution is 2.26. The first-order valence-electron chi connectivity index (χ1n) is 5.61. The van der Waals surface area contributed by atoms with Crippen molar-refractivity contribution in [2.45, 2.75) is 13.3 Å². The molecule has 0 aliphatic carbocycles. The molecule has 0 saturated heterocycles. The van der Waals surface area contributed by atoms with Crippen molar-refractivity contribution < 1.29 is 8.42 Å². The van der Waals surface area contributed by atoms with Crippen LogP contribution < -0.4 is 10.0 Å². The molecule has 1 aromatic rings. The smallest absolute Gasteiger partial charge is 0.234 e. The van der Waals surface area contributed by atoms with Crippen LogP contribution in [0.5, 0.6) is 0 Å². The first-order chi connectivity index (χ1) is 8.44. The Morgan fingerprint density at radius 3 is 2.67 bits per heavy atom. The predicted octanol–water partition coefficient (Wildman–Crippen LogP) is 2.84. The van der Waals surface area contributed by atoms with E-state index >= 15 is 0 Å². The molecular formula is C11H16BrClN2O2S. The van der Waals surface area contributed by atoms with Gasteiger partial charge in [0.2, 0.25) is 10.0 Å². The summed E-state index contributed by atoms with van der Waals surface area (Å²) in [6, 6.07) is 4.91. The number of halogens is 2. The third kappa shape index (κ3) is 5.56. The van der Waals surface area contributed by atoms with Crippen LogP contribution in [-0.4, -0.2) is 27.3 Å². The van der Waals surface area contributed by atoms with Gasteiger partial charge in [-0.1, -0.05) is 18.5 Å². The van der Waals surface area contributed by atoms with Gasteiger partial charge >= 0.3 is 0 Å². The minimum absolute atomic E-state index is 0.0437. The second-order valence-corrected chi connectivity index (χ2v) is 6.93. The number of hydrogen-bond donors (Lipinski definition) is 2. The summed E-state index contributed by atoms with van der Waals surface area (Å²) >= 11 is 9.06. The summed E-state index contributed by atoms with van der Waals surface area (Å²) in [4.78, 5) is 0. The molecule has 18 heavy (non-hydrogen) atoms. The molecule has 0 spiro atoms. The van der Waals surface area contributed by atoms with E-state index < -0.39 is 10.0 Å². The maximum atomic E-state index is 11.8. The van der Waals surface area contributed by atoms with E-state index in [-0.39, 0.29) is 5.75 Å². The van der Waals surface area contributed by atoms with Crippen molar-refractivity contribution in [1.29, 1.82) is 0 Å². The fourth-order valence-electron chi connectivity index (χ4n) is 1.30. The maximum Gasteiger partial charge on any atom is 0.234 e. The van der Waals surface area contributed by atoms with Gasteiger partial charge in [0.15, 0.2) is 0 Å². The van der Waals surface area contributed by atoms with E-state index in [4.69, 9.17) is 11.6 Å². The van der Waals surface area contributed by atoms with Gasteiger partial charge in [-0.25, -0.2) is 8.42 Å². The zero-order chi connectivity index (χ0) is 13.6. The molecule has 0 bridgehead atoms. The van der Waals surface area contributed by atoms with Crippen LogP contribution in [0, 0.1) is 0 Å². The van der Waals surface area contributed by atoms with Crippen LogP contribution >= 0.6 is 27.5 Å². The van der Waals surface area contributed by atoms with Crippen LogP contribution in [0.1, 0.15) is 13.3 Å². The van der Waals surface area contributed by atoms with Crippen LogP contribution in [-0.2, 0) is 10.0 Å². The normalized spacial score (nSPS) is 11.5. The highest BCUT2D eigenvalue weighted by molar-refractivity contribution is 9.10. The van der Waals surface area contributed by atoms with E-state index in [1.165, 1.54) is 0 Å². The lowest BCUT2D eigenvalue weighted by Crippen LogP contribution is -2.27. The van der Waals surface area contributed by atoms with Crippen molar-refractivity contribution >= 4 is 43.2 Å². The highest BCUT2D eigenvalue weighted by atomic mass is 79.9. The SMILES string of the molecule is CCCNCCS(=O)(=O)Nc1ccc(Cl)cc1Br. The molecule has 2 N–H and O–H groups in total. The molecule has 0 amide bonds. The minimum Gasteiger partial charge on any atom is -0.316 e. The lowest BCUT2D eigenvalue weighted by molar-refractivity contribution is 0.595. The van der Waals surface area contributed by atoms with Gasteiger partial charge in [-0.05, 0) is 47.1 Å². The van der Waals surface area contributed by atoms with Crippen LogP contribution in [0.25, 0.3) is 0 Å². The zero-order valence-electron chi connectivity index (χ0n) is 10.0. The van der Waals surface area contributed by atoms with E-state index in [1.807, 2.05) is 6.92 Å². The number of rotatable bonds is 7. The van der Waals surface area contributed by atoms with Crippen LogP contribution in [0.4, 0.5) is 5.69 Å². The Hall–Kier alpha value is -0.300. The van der Waals surface area contributed by atoms with Gasteiger partial charge < -0.3 is 5.32 Å². The Kier molecular flexibility index (Phi) is 6.42. The lowest BCUT2D eigenvalue weighted by atomic mass is 10.3. The summed E-state index contributed by atoms with van der Waals surface area (Å²) < 4.78 is 26.7. The average molecular weight is 356 g/mol. The van der Waals surface area contributed by atoms with Crippen molar-refractivity contribution in [1.82, 2.24) is 5.32 Å². The van der Waals surface area contributed by atoms with E-state index in [0.29, 0.717) is 21.7 Å². The van der Waals surface area contributed by atoms with Gasteiger partial charge in [0.05, 0.1) is 11.4 Å². The topological polar surface area (TPSA) is 58.2 Å². The quantitative estimate of drug-likeness (QED) is 0.739.